The topological polar surface area (TPSA) is 76.2 Å². The number of hydrogen-bond acceptors (Lipinski definition) is 4. The molecule has 0 atom stereocenters. The molecule has 0 aromatic heterocycles. The van der Waals surface area contributed by atoms with Crippen LogP contribution >= 0.6 is 11.6 Å². The highest BCUT2D eigenvalue weighted by atomic mass is 35.5. The summed E-state index contributed by atoms with van der Waals surface area (Å²) < 4.78 is 4.90. The second-order valence-corrected chi connectivity index (χ2v) is 2.95. The van der Waals surface area contributed by atoms with Gasteiger partial charge in [0.15, 0.2) is 0 Å². The Morgan fingerprint density at radius 3 is 2.73 bits per heavy atom. The minimum atomic E-state index is -0.615. The summed E-state index contributed by atoms with van der Waals surface area (Å²) in [5.74, 6) is 0.343. The molecule has 0 fully saturated rings. The van der Waals surface area contributed by atoms with Crippen LogP contribution in [0, 0.1) is 21.4 Å². The summed E-state index contributed by atoms with van der Waals surface area (Å²) in [5.41, 5.74) is -0.0270. The normalized spacial score (nSPS) is 9.40. The summed E-state index contributed by atoms with van der Waals surface area (Å²) in [5, 5.41) is 19.5. The molecule has 0 amide bonds. The summed E-state index contributed by atoms with van der Waals surface area (Å²) in [7, 11) is 1.42. The van der Waals surface area contributed by atoms with Gasteiger partial charge in [-0.25, -0.2) is 0 Å². The largest absolute Gasteiger partial charge is 0.497 e. The maximum absolute atomic E-state index is 10.7. The summed E-state index contributed by atoms with van der Waals surface area (Å²) in [4.78, 5) is 10.1. The van der Waals surface area contributed by atoms with Crippen molar-refractivity contribution in [1.29, 1.82) is 5.26 Å². The van der Waals surface area contributed by atoms with Gasteiger partial charge in [-0.05, 0) is 6.07 Å². The molecule has 15 heavy (non-hydrogen) atoms. The van der Waals surface area contributed by atoms with Crippen LogP contribution < -0.4 is 4.74 Å². The Kier molecular flexibility index (Phi) is 3.47. The predicted octanol–water partition coefficient (Wildman–Crippen LogP) is 2.21. The fourth-order valence-electron chi connectivity index (χ4n) is 1.19. The number of methoxy groups -OCH3 is 1. The van der Waals surface area contributed by atoms with Gasteiger partial charge in [0.2, 0.25) is 0 Å². The van der Waals surface area contributed by atoms with E-state index >= 15 is 0 Å². The SMILES string of the molecule is COc1cc(C#N)c([N+](=O)[O-])c(CCl)c1. The summed E-state index contributed by atoms with van der Waals surface area (Å²) in [6, 6.07) is 4.51. The lowest BCUT2D eigenvalue weighted by molar-refractivity contribution is -0.385. The third-order valence-corrected chi connectivity index (χ3v) is 2.13. The maximum atomic E-state index is 10.7. The summed E-state index contributed by atoms with van der Waals surface area (Å²) in [6.45, 7) is 0. The highest BCUT2D eigenvalue weighted by Crippen LogP contribution is 2.29. The molecule has 5 nitrogen and oxygen atoms in total. The van der Waals surface area contributed by atoms with Crippen LogP contribution in [-0.4, -0.2) is 12.0 Å². The van der Waals surface area contributed by atoms with E-state index in [4.69, 9.17) is 21.6 Å². The van der Waals surface area contributed by atoms with Crippen molar-refractivity contribution in [2.24, 2.45) is 0 Å². The minimum Gasteiger partial charge on any atom is -0.497 e. The number of nitrogens with zero attached hydrogens (tertiary/aromatic N) is 2. The second-order valence-electron chi connectivity index (χ2n) is 2.69. The quantitative estimate of drug-likeness (QED) is 0.450. The molecule has 0 N–H and O–H groups in total. The Morgan fingerprint density at radius 2 is 2.33 bits per heavy atom. The Hall–Kier alpha value is -1.80. The number of nitro benzene ring substituents is 1. The van der Waals surface area contributed by atoms with Crippen molar-refractivity contribution in [1.82, 2.24) is 0 Å². The molecule has 0 saturated heterocycles. The van der Waals surface area contributed by atoms with Crippen LogP contribution in [0.15, 0.2) is 12.1 Å². The van der Waals surface area contributed by atoms with Crippen molar-refractivity contribution in [2.45, 2.75) is 5.88 Å². The Bertz CT molecular complexity index is 440. The van der Waals surface area contributed by atoms with Crippen LogP contribution in [0.1, 0.15) is 11.1 Å². The standard InChI is InChI=1S/C9H7ClN2O3/c1-15-8-2-6(4-10)9(12(13)14)7(3-8)5-11/h2-3H,4H2,1H3. The first-order valence-corrected chi connectivity index (χ1v) is 4.48. The lowest BCUT2D eigenvalue weighted by Crippen LogP contribution is -1.98. The summed E-state index contributed by atoms with van der Waals surface area (Å²) in [6.07, 6.45) is 0. The molecule has 0 bridgehead atoms. The van der Waals surface area contributed by atoms with Gasteiger partial charge in [-0.15, -0.1) is 11.6 Å². The number of nitro groups is 1. The molecule has 0 unspecified atom stereocenters. The number of alkyl halides is 1. The van der Waals surface area contributed by atoms with E-state index in [0.717, 1.165) is 0 Å². The molecule has 0 aliphatic rings. The highest BCUT2D eigenvalue weighted by Gasteiger charge is 2.20. The van der Waals surface area contributed by atoms with E-state index in [0.29, 0.717) is 5.75 Å². The first kappa shape index (κ1) is 11.3. The molecule has 78 valence electrons. The van der Waals surface area contributed by atoms with E-state index in [1.807, 2.05) is 0 Å². The maximum Gasteiger partial charge on any atom is 0.291 e. The van der Waals surface area contributed by atoms with Gasteiger partial charge in [-0.3, -0.25) is 10.1 Å². The van der Waals surface area contributed by atoms with Crippen molar-refractivity contribution in [3.05, 3.63) is 33.4 Å². The molecular formula is C9H7ClN2O3. The number of ether oxygens (including phenoxy) is 1. The fourth-order valence-corrected chi connectivity index (χ4v) is 1.39. The van der Waals surface area contributed by atoms with Crippen molar-refractivity contribution in [3.63, 3.8) is 0 Å². The third kappa shape index (κ3) is 2.17. The number of benzene rings is 1. The van der Waals surface area contributed by atoms with Crippen LogP contribution in [0.3, 0.4) is 0 Å². The number of rotatable bonds is 3. The van der Waals surface area contributed by atoms with E-state index in [2.05, 4.69) is 0 Å². The second kappa shape index (κ2) is 4.62. The molecule has 1 aromatic carbocycles. The monoisotopic (exact) mass is 226 g/mol. The van der Waals surface area contributed by atoms with Gasteiger partial charge in [0, 0.05) is 11.6 Å². The smallest absolute Gasteiger partial charge is 0.291 e. The molecule has 6 heteroatoms. The van der Waals surface area contributed by atoms with E-state index in [-0.39, 0.29) is 22.7 Å². The van der Waals surface area contributed by atoms with Crippen molar-refractivity contribution in [3.8, 4) is 11.8 Å². The fraction of sp³-hybridized carbons (Fsp3) is 0.222. The predicted molar refractivity (Wildman–Crippen MR) is 53.9 cm³/mol. The van der Waals surface area contributed by atoms with Crippen LogP contribution in [-0.2, 0) is 5.88 Å². The Labute approximate surface area is 91.0 Å². The lowest BCUT2D eigenvalue weighted by Gasteiger charge is -2.04. The zero-order valence-corrected chi connectivity index (χ0v) is 8.61. The Morgan fingerprint density at radius 1 is 1.67 bits per heavy atom. The van der Waals surface area contributed by atoms with Gasteiger partial charge in [-0.2, -0.15) is 5.26 Å². The van der Waals surface area contributed by atoms with Gasteiger partial charge in [0.05, 0.1) is 17.9 Å². The van der Waals surface area contributed by atoms with Gasteiger partial charge < -0.3 is 4.74 Å². The average Bonchev–Trinajstić information content (AvgIpc) is 2.26. The minimum absolute atomic E-state index is 0.0395. The molecule has 1 aromatic rings. The summed E-state index contributed by atoms with van der Waals surface area (Å²) >= 11 is 5.56. The Balaban J connectivity index is 3.48. The van der Waals surface area contributed by atoms with E-state index in [1.54, 1.807) is 6.07 Å². The van der Waals surface area contributed by atoms with Gasteiger partial charge in [0.1, 0.15) is 17.4 Å². The molecular weight excluding hydrogens is 220 g/mol. The number of halogens is 1. The zero-order chi connectivity index (χ0) is 11.4. The van der Waals surface area contributed by atoms with Gasteiger partial charge in [0.25, 0.3) is 5.69 Å². The van der Waals surface area contributed by atoms with E-state index < -0.39 is 4.92 Å². The van der Waals surface area contributed by atoms with Crippen LogP contribution in [0.5, 0.6) is 5.75 Å². The molecule has 0 saturated carbocycles. The first-order chi connectivity index (χ1) is 7.13. The molecule has 0 spiro atoms. The van der Waals surface area contributed by atoms with Crippen LogP contribution in [0.4, 0.5) is 5.69 Å². The van der Waals surface area contributed by atoms with E-state index in [1.165, 1.54) is 19.2 Å². The molecule has 0 radical (unpaired) electrons. The lowest BCUT2D eigenvalue weighted by atomic mass is 10.1. The van der Waals surface area contributed by atoms with E-state index in [9.17, 15) is 10.1 Å². The van der Waals surface area contributed by atoms with Crippen molar-refractivity contribution < 1.29 is 9.66 Å². The number of nitriles is 1. The third-order valence-electron chi connectivity index (χ3n) is 1.85. The average molecular weight is 227 g/mol. The number of hydrogen-bond donors (Lipinski definition) is 0. The van der Waals surface area contributed by atoms with Gasteiger partial charge in [-0.1, -0.05) is 0 Å². The highest BCUT2D eigenvalue weighted by molar-refractivity contribution is 6.17. The van der Waals surface area contributed by atoms with Crippen molar-refractivity contribution in [2.75, 3.05) is 7.11 Å². The molecule has 1 rings (SSSR count). The van der Waals surface area contributed by atoms with Crippen LogP contribution in [0.2, 0.25) is 0 Å². The van der Waals surface area contributed by atoms with Crippen molar-refractivity contribution >= 4 is 17.3 Å². The molecule has 0 heterocycles. The molecule has 0 aliphatic carbocycles. The van der Waals surface area contributed by atoms with Crippen LogP contribution in [0.25, 0.3) is 0 Å². The van der Waals surface area contributed by atoms with Gasteiger partial charge >= 0.3 is 0 Å². The zero-order valence-electron chi connectivity index (χ0n) is 7.86. The molecule has 0 aliphatic heterocycles. The first-order valence-electron chi connectivity index (χ1n) is 3.95.